The first-order valence-corrected chi connectivity index (χ1v) is 8.86. The molecule has 6 nitrogen and oxygen atoms in total. The smallest absolute Gasteiger partial charge is 0.319 e. The largest absolute Gasteiger partial charge is 0.493 e. The predicted molar refractivity (Wildman–Crippen MR) is 104 cm³/mol. The van der Waals surface area contributed by atoms with Gasteiger partial charge in [-0.15, -0.1) is 0 Å². The molecule has 0 aliphatic rings. The van der Waals surface area contributed by atoms with Gasteiger partial charge < -0.3 is 24.8 Å². The Hall–Kier alpha value is -1.93. The van der Waals surface area contributed by atoms with Gasteiger partial charge in [0.15, 0.2) is 11.5 Å². The summed E-state index contributed by atoms with van der Waals surface area (Å²) in [5, 5.41) is 5.58. The number of carbonyl (C=O) groups is 1. The lowest BCUT2D eigenvalue weighted by atomic mass is 10.1. The molecule has 0 aliphatic heterocycles. The molecule has 0 saturated heterocycles. The van der Waals surface area contributed by atoms with Crippen LogP contribution >= 0.6 is 31.9 Å². The van der Waals surface area contributed by atoms with Gasteiger partial charge in [-0.05, 0) is 46.3 Å². The Morgan fingerprint density at radius 3 is 2.36 bits per heavy atom. The van der Waals surface area contributed by atoms with Gasteiger partial charge in [-0.1, -0.05) is 15.9 Å². The van der Waals surface area contributed by atoms with Crippen LogP contribution in [0.2, 0.25) is 0 Å². The third-order valence-electron chi connectivity index (χ3n) is 3.40. The molecular formula is C17H18Br2N2O4. The number of hydrogen-bond donors (Lipinski definition) is 2. The molecular weight excluding hydrogens is 456 g/mol. The summed E-state index contributed by atoms with van der Waals surface area (Å²) >= 11 is 6.77. The lowest BCUT2D eigenvalue weighted by Crippen LogP contribution is -2.28. The summed E-state index contributed by atoms with van der Waals surface area (Å²) in [6, 6.07) is 8.77. The first-order chi connectivity index (χ1) is 12.0. The van der Waals surface area contributed by atoms with Gasteiger partial charge >= 0.3 is 6.03 Å². The van der Waals surface area contributed by atoms with Crippen molar-refractivity contribution >= 4 is 43.6 Å². The fourth-order valence-electron chi connectivity index (χ4n) is 2.24. The molecule has 134 valence electrons. The summed E-state index contributed by atoms with van der Waals surface area (Å²) in [6.07, 6.45) is 0. The number of hydrogen-bond acceptors (Lipinski definition) is 4. The van der Waals surface area contributed by atoms with Crippen LogP contribution in [0.1, 0.15) is 5.56 Å². The van der Waals surface area contributed by atoms with E-state index < -0.39 is 0 Å². The fraction of sp³-hybridized carbons (Fsp3) is 0.235. The van der Waals surface area contributed by atoms with E-state index in [2.05, 4.69) is 42.5 Å². The Bertz CT molecular complexity index is 769. The zero-order chi connectivity index (χ0) is 18.4. The van der Waals surface area contributed by atoms with Crippen LogP contribution in [0.5, 0.6) is 17.2 Å². The van der Waals surface area contributed by atoms with Crippen LogP contribution in [0.3, 0.4) is 0 Å². The minimum absolute atomic E-state index is 0.265. The number of carbonyl (C=O) groups excluding carboxylic acids is 1. The molecule has 2 rings (SSSR count). The van der Waals surface area contributed by atoms with E-state index >= 15 is 0 Å². The highest BCUT2D eigenvalue weighted by Gasteiger charge is 2.16. The normalized spacial score (nSPS) is 10.1. The van der Waals surface area contributed by atoms with Crippen LogP contribution in [0.15, 0.2) is 39.3 Å². The zero-order valence-corrected chi connectivity index (χ0v) is 17.2. The van der Waals surface area contributed by atoms with Crippen molar-refractivity contribution in [2.45, 2.75) is 6.54 Å². The molecule has 0 aromatic heterocycles. The minimum atomic E-state index is -0.337. The average molecular weight is 474 g/mol. The van der Waals surface area contributed by atoms with Gasteiger partial charge in [0.2, 0.25) is 5.75 Å². The number of benzene rings is 2. The van der Waals surface area contributed by atoms with Crippen molar-refractivity contribution in [3.05, 3.63) is 44.8 Å². The van der Waals surface area contributed by atoms with Crippen molar-refractivity contribution in [3.63, 3.8) is 0 Å². The number of urea groups is 1. The van der Waals surface area contributed by atoms with E-state index in [1.165, 1.54) is 7.11 Å². The molecule has 2 aromatic rings. The highest BCUT2D eigenvalue weighted by atomic mass is 79.9. The molecule has 2 N–H and O–H groups in total. The first-order valence-electron chi connectivity index (χ1n) is 7.28. The van der Waals surface area contributed by atoms with Crippen LogP contribution in [-0.4, -0.2) is 27.4 Å². The number of halogens is 2. The van der Waals surface area contributed by atoms with Gasteiger partial charge in [0.25, 0.3) is 0 Å². The van der Waals surface area contributed by atoms with Gasteiger partial charge in [0.1, 0.15) is 0 Å². The standard InChI is InChI=1S/C17H18Br2N2O4/c1-23-14-7-4-10(15(24-2)16(14)25-3)9-20-17(22)21-13-8-11(18)5-6-12(13)19/h4-8H,9H2,1-3H3,(H2,20,21,22). The lowest BCUT2D eigenvalue weighted by molar-refractivity contribution is 0.251. The highest BCUT2D eigenvalue weighted by Crippen LogP contribution is 2.39. The molecule has 0 saturated carbocycles. The molecule has 2 aromatic carbocycles. The second kappa shape index (κ2) is 8.96. The Balaban J connectivity index is 2.10. The second-order valence-corrected chi connectivity index (χ2v) is 6.70. The number of nitrogens with one attached hydrogen (secondary N) is 2. The fourth-order valence-corrected chi connectivity index (χ4v) is 2.94. The quantitative estimate of drug-likeness (QED) is 0.645. The average Bonchev–Trinajstić information content (AvgIpc) is 2.61. The minimum Gasteiger partial charge on any atom is -0.493 e. The van der Waals surface area contributed by atoms with Crippen LogP contribution in [0.4, 0.5) is 10.5 Å². The zero-order valence-electron chi connectivity index (χ0n) is 14.0. The molecule has 0 bridgehead atoms. The van der Waals surface area contributed by atoms with Crippen LogP contribution in [-0.2, 0) is 6.54 Å². The number of amides is 2. The van der Waals surface area contributed by atoms with Gasteiger partial charge in [-0.2, -0.15) is 0 Å². The Morgan fingerprint density at radius 1 is 1.00 bits per heavy atom. The molecule has 0 spiro atoms. The maximum Gasteiger partial charge on any atom is 0.319 e. The number of rotatable bonds is 6. The second-order valence-electron chi connectivity index (χ2n) is 4.93. The third-order valence-corrected chi connectivity index (χ3v) is 4.59. The van der Waals surface area contributed by atoms with Crippen molar-refractivity contribution in [2.75, 3.05) is 26.6 Å². The van der Waals surface area contributed by atoms with Crippen molar-refractivity contribution in [1.82, 2.24) is 5.32 Å². The van der Waals surface area contributed by atoms with Gasteiger partial charge in [0, 0.05) is 21.1 Å². The van der Waals surface area contributed by atoms with E-state index in [0.29, 0.717) is 22.9 Å². The molecule has 0 atom stereocenters. The monoisotopic (exact) mass is 472 g/mol. The van der Waals surface area contributed by atoms with E-state index in [-0.39, 0.29) is 12.6 Å². The lowest BCUT2D eigenvalue weighted by Gasteiger charge is -2.16. The molecule has 0 aliphatic carbocycles. The van der Waals surface area contributed by atoms with Gasteiger partial charge in [-0.3, -0.25) is 0 Å². The summed E-state index contributed by atoms with van der Waals surface area (Å²) in [7, 11) is 4.63. The molecule has 0 fully saturated rings. The predicted octanol–water partition coefficient (Wildman–Crippen LogP) is 4.56. The van der Waals surface area contributed by atoms with Gasteiger partial charge in [-0.25, -0.2) is 4.79 Å². The van der Waals surface area contributed by atoms with Crippen molar-refractivity contribution < 1.29 is 19.0 Å². The van der Waals surface area contributed by atoms with Crippen molar-refractivity contribution in [2.24, 2.45) is 0 Å². The number of anilines is 1. The summed E-state index contributed by atoms with van der Waals surface area (Å²) in [4.78, 5) is 12.2. The Labute approximate surface area is 163 Å². The highest BCUT2D eigenvalue weighted by molar-refractivity contribution is 9.11. The van der Waals surface area contributed by atoms with E-state index in [4.69, 9.17) is 14.2 Å². The van der Waals surface area contributed by atoms with Crippen LogP contribution in [0, 0.1) is 0 Å². The van der Waals surface area contributed by atoms with Crippen LogP contribution < -0.4 is 24.8 Å². The molecule has 0 heterocycles. The number of ether oxygens (including phenoxy) is 3. The van der Waals surface area contributed by atoms with E-state index in [9.17, 15) is 4.79 Å². The molecule has 25 heavy (non-hydrogen) atoms. The summed E-state index contributed by atoms with van der Waals surface area (Å²) < 4.78 is 17.6. The van der Waals surface area contributed by atoms with E-state index in [1.807, 2.05) is 18.2 Å². The summed E-state index contributed by atoms with van der Waals surface area (Å²) in [5.41, 5.74) is 1.43. The molecule has 0 radical (unpaired) electrons. The van der Waals surface area contributed by atoms with E-state index in [1.54, 1.807) is 26.4 Å². The van der Waals surface area contributed by atoms with Crippen molar-refractivity contribution in [3.8, 4) is 17.2 Å². The van der Waals surface area contributed by atoms with Crippen LogP contribution in [0.25, 0.3) is 0 Å². The summed E-state index contributed by atoms with van der Waals surface area (Å²) in [6.45, 7) is 0.265. The third kappa shape index (κ3) is 4.79. The summed E-state index contributed by atoms with van der Waals surface area (Å²) in [5.74, 6) is 1.57. The SMILES string of the molecule is COc1ccc(CNC(=O)Nc2cc(Br)ccc2Br)c(OC)c1OC. The van der Waals surface area contributed by atoms with Crippen molar-refractivity contribution in [1.29, 1.82) is 0 Å². The number of methoxy groups -OCH3 is 3. The maximum absolute atomic E-state index is 12.2. The molecule has 2 amide bonds. The maximum atomic E-state index is 12.2. The Kier molecular flexibility index (Phi) is 6.95. The topological polar surface area (TPSA) is 68.8 Å². The molecule has 0 unspecified atom stereocenters. The first kappa shape index (κ1) is 19.4. The van der Waals surface area contributed by atoms with Gasteiger partial charge in [0.05, 0.1) is 27.0 Å². The van der Waals surface area contributed by atoms with E-state index in [0.717, 1.165) is 14.5 Å². The molecule has 8 heteroatoms. The Morgan fingerprint density at radius 2 is 1.72 bits per heavy atom.